The molecular formula is C13H16N4. The van der Waals surface area contributed by atoms with E-state index in [0.717, 1.165) is 23.6 Å². The first-order valence-corrected chi connectivity index (χ1v) is 5.55. The summed E-state index contributed by atoms with van der Waals surface area (Å²) in [5, 5.41) is 0. The average molecular weight is 228 g/mol. The minimum atomic E-state index is 0.535. The lowest BCUT2D eigenvalue weighted by atomic mass is 10.2. The zero-order valence-corrected chi connectivity index (χ0v) is 9.87. The number of hydrogen-bond donors (Lipinski definition) is 1. The van der Waals surface area contributed by atoms with Gasteiger partial charge in [-0.1, -0.05) is 6.07 Å². The van der Waals surface area contributed by atoms with Gasteiger partial charge in [0.2, 0.25) is 0 Å². The van der Waals surface area contributed by atoms with Crippen molar-refractivity contribution in [3.8, 4) is 0 Å². The molecule has 0 spiro atoms. The SMILES string of the molecule is CN(Cc1ccccn1)c1cc(CN)ccn1. The summed E-state index contributed by atoms with van der Waals surface area (Å²) in [4.78, 5) is 10.7. The van der Waals surface area contributed by atoms with Gasteiger partial charge in [-0.15, -0.1) is 0 Å². The molecule has 0 radical (unpaired) electrons. The van der Waals surface area contributed by atoms with Gasteiger partial charge < -0.3 is 10.6 Å². The highest BCUT2D eigenvalue weighted by Gasteiger charge is 2.04. The second-order valence-corrected chi connectivity index (χ2v) is 3.90. The lowest BCUT2D eigenvalue weighted by Gasteiger charge is -2.18. The summed E-state index contributed by atoms with van der Waals surface area (Å²) >= 11 is 0. The van der Waals surface area contributed by atoms with Crippen LogP contribution >= 0.6 is 0 Å². The number of nitrogens with two attached hydrogens (primary N) is 1. The molecule has 0 saturated heterocycles. The fraction of sp³-hybridized carbons (Fsp3) is 0.231. The molecule has 0 saturated carbocycles. The van der Waals surface area contributed by atoms with Gasteiger partial charge in [0.05, 0.1) is 12.2 Å². The Balaban J connectivity index is 2.11. The predicted molar refractivity (Wildman–Crippen MR) is 68.5 cm³/mol. The van der Waals surface area contributed by atoms with E-state index in [9.17, 15) is 0 Å². The molecule has 2 N–H and O–H groups in total. The normalized spacial score (nSPS) is 10.2. The summed E-state index contributed by atoms with van der Waals surface area (Å²) in [6, 6.07) is 9.83. The molecule has 4 nitrogen and oxygen atoms in total. The van der Waals surface area contributed by atoms with Crippen molar-refractivity contribution in [1.29, 1.82) is 0 Å². The summed E-state index contributed by atoms with van der Waals surface area (Å²) in [6.07, 6.45) is 3.58. The standard InChI is InChI=1S/C13H16N4/c1-17(10-12-4-2-3-6-15-12)13-8-11(9-14)5-7-16-13/h2-8H,9-10,14H2,1H3. The van der Waals surface area contributed by atoms with Crippen LogP contribution in [0.2, 0.25) is 0 Å². The fourth-order valence-corrected chi connectivity index (χ4v) is 1.61. The lowest BCUT2D eigenvalue weighted by Crippen LogP contribution is -2.18. The van der Waals surface area contributed by atoms with E-state index in [1.807, 2.05) is 37.4 Å². The molecule has 17 heavy (non-hydrogen) atoms. The van der Waals surface area contributed by atoms with Crippen molar-refractivity contribution in [2.75, 3.05) is 11.9 Å². The minimum absolute atomic E-state index is 0.535. The van der Waals surface area contributed by atoms with E-state index in [0.29, 0.717) is 6.54 Å². The highest BCUT2D eigenvalue weighted by molar-refractivity contribution is 5.40. The Labute approximate surface area is 101 Å². The van der Waals surface area contributed by atoms with Gasteiger partial charge in [-0.25, -0.2) is 4.98 Å². The molecule has 0 aliphatic heterocycles. The van der Waals surface area contributed by atoms with Gasteiger partial charge in [-0.05, 0) is 29.8 Å². The topological polar surface area (TPSA) is 55.0 Å². The zero-order chi connectivity index (χ0) is 12.1. The van der Waals surface area contributed by atoms with Crippen LogP contribution in [0, 0.1) is 0 Å². The molecule has 0 atom stereocenters. The summed E-state index contributed by atoms with van der Waals surface area (Å²) in [6.45, 7) is 1.27. The van der Waals surface area contributed by atoms with Crippen LogP contribution in [0.5, 0.6) is 0 Å². The van der Waals surface area contributed by atoms with E-state index in [-0.39, 0.29) is 0 Å². The van der Waals surface area contributed by atoms with E-state index in [1.165, 1.54) is 0 Å². The molecule has 2 heterocycles. The molecule has 0 amide bonds. The smallest absolute Gasteiger partial charge is 0.128 e. The molecular weight excluding hydrogens is 212 g/mol. The molecule has 0 fully saturated rings. The minimum Gasteiger partial charge on any atom is -0.354 e. The third kappa shape index (κ3) is 3.01. The molecule has 2 aromatic heterocycles. The van der Waals surface area contributed by atoms with Gasteiger partial charge in [0.15, 0.2) is 0 Å². The Morgan fingerprint density at radius 3 is 2.76 bits per heavy atom. The van der Waals surface area contributed by atoms with Gasteiger partial charge in [0.1, 0.15) is 5.82 Å². The summed E-state index contributed by atoms with van der Waals surface area (Å²) < 4.78 is 0. The number of hydrogen-bond acceptors (Lipinski definition) is 4. The highest BCUT2D eigenvalue weighted by Crippen LogP contribution is 2.12. The van der Waals surface area contributed by atoms with Crippen LogP contribution in [0.4, 0.5) is 5.82 Å². The van der Waals surface area contributed by atoms with Crippen molar-refractivity contribution in [3.05, 3.63) is 54.0 Å². The van der Waals surface area contributed by atoms with E-state index in [4.69, 9.17) is 5.73 Å². The van der Waals surface area contributed by atoms with Crippen molar-refractivity contribution in [1.82, 2.24) is 9.97 Å². The average Bonchev–Trinajstić information content (AvgIpc) is 2.40. The maximum atomic E-state index is 5.61. The van der Waals surface area contributed by atoms with Gasteiger partial charge in [0, 0.05) is 26.0 Å². The molecule has 0 aromatic carbocycles. The van der Waals surface area contributed by atoms with Gasteiger partial charge in [-0.2, -0.15) is 0 Å². The monoisotopic (exact) mass is 228 g/mol. The molecule has 0 aliphatic carbocycles. The second-order valence-electron chi connectivity index (χ2n) is 3.90. The summed E-state index contributed by atoms with van der Waals surface area (Å²) in [5.74, 6) is 0.915. The number of aromatic nitrogens is 2. The number of nitrogens with zero attached hydrogens (tertiary/aromatic N) is 3. The van der Waals surface area contributed by atoms with Crippen LogP contribution in [0.25, 0.3) is 0 Å². The molecule has 2 rings (SSSR count). The summed E-state index contributed by atoms with van der Waals surface area (Å²) in [5.41, 5.74) is 7.72. The van der Waals surface area contributed by atoms with Gasteiger partial charge >= 0.3 is 0 Å². The van der Waals surface area contributed by atoms with Crippen LogP contribution in [-0.4, -0.2) is 17.0 Å². The molecule has 0 bridgehead atoms. The zero-order valence-electron chi connectivity index (χ0n) is 9.87. The van der Waals surface area contributed by atoms with E-state index < -0.39 is 0 Å². The van der Waals surface area contributed by atoms with E-state index >= 15 is 0 Å². The van der Waals surface area contributed by atoms with Crippen LogP contribution in [0.15, 0.2) is 42.7 Å². The van der Waals surface area contributed by atoms with Crippen molar-refractivity contribution in [3.63, 3.8) is 0 Å². The fourth-order valence-electron chi connectivity index (χ4n) is 1.61. The number of rotatable bonds is 4. The Hall–Kier alpha value is -1.94. The number of anilines is 1. The van der Waals surface area contributed by atoms with Crippen molar-refractivity contribution in [2.45, 2.75) is 13.1 Å². The molecule has 88 valence electrons. The van der Waals surface area contributed by atoms with Crippen molar-refractivity contribution in [2.24, 2.45) is 5.73 Å². The molecule has 2 aromatic rings. The maximum absolute atomic E-state index is 5.61. The van der Waals surface area contributed by atoms with Crippen LogP contribution in [0.3, 0.4) is 0 Å². The van der Waals surface area contributed by atoms with Gasteiger partial charge in [0.25, 0.3) is 0 Å². The molecule has 0 aliphatic rings. The first-order chi connectivity index (χ1) is 8.29. The first kappa shape index (κ1) is 11.5. The second kappa shape index (κ2) is 5.41. The Kier molecular flexibility index (Phi) is 3.67. The third-order valence-electron chi connectivity index (χ3n) is 2.56. The van der Waals surface area contributed by atoms with E-state index in [1.54, 1.807) is 12.4 Å². The Bertz CT molecular complexity index is 470. The quantitative estimate of drug-likeness (QED) is 0.863. The third-order valence-corrected chi connectivity index (χ3v) is 2.56. The number of pyridine rings is 2. The lowest BCUT2D eigenvalue weighted by molar-refractivity contribution is 0.862. The summed E-state index contributed by atoms with van der Waals surface area (Å²) in [7, 11) is 2.00. The molecule has 4 heteroatoms. The van der Waals surface area contributed by atoms with Crippen molar-refractivity contribution < 1.29 is 0 Å². The van der Waals surface area contributed by atoms with Crippen LogP contribution < -0.4 is 10.6 Å². The largest absolute Gasteiger partial charge is 0.354 e. The van der Waals surface area contributed by atoms with Gasteiger partial charge in [-0.3, -0.25) is 4.98 Å². The van der Waals surface area contributed by atoms with Crippen LogP contribution in [0.1, 0.15) is 11.3 Å². The van der Waals surface area contributed by atoms with E-state index in [2.05, 4.69) is 14.9 Å². The first-order valence-electron chi connectivity index (χ1n) is 5.55. The maximum Gasteiger partial charge on any atom is 0.128 e. The Morgan fingerprint density at radius 1 is 1.18 bits per heavy atom. The highest BCUT2D eigenvalue weighted by atomic mass is 15.2. The Morgan fingerprint density at radius 2 is 2.06 bits per heavy atom. The van der Waals surface area contributed by atoms with Crippen LogP contribution in [-0.2, 0) is 13.1 Å². The van der Waals surface area contributed by atoms with Crippen molar-refractivity contribution >= 4 is 5.82 Å². The predicted octanol–water partition coefficient (Wildman–Crippen LogP) is 1.57. The molecule has 0 unspecified atom stereocenters.